The first-order valence-corrected chi connectivity index (χ1v) is 6.20. The lowest BCUT2D eigenvalue weighted by atomic mass is 10.2. The Bertz CT molecular complexity index is 490. The van der Waals surface area contributed by atoms with Gasteiger partial charge in [-0.15, -0.1) is 0 Å². The maximum atomic E-state index is 12.2. The van der Waals surface area contributed by atoms with Crippen molar-refractivity contribution in [1.82, 2.24) is 9.88 Å². The third-order valence-electron chi connectivity index (χ3n) is 3.13. The second-order valence-electron chi connectivity index (χ2n) is 4.50. The van der Waals surface area contributed by atoms with Crippen LogP contribution in [0.1, 0.15) is 18.5 Å². The number of anilines is 1. The predicted octanol–water partition coefficient (Wildman–Crippen LogP) is 1.56. The Labute approximate surface area is 111 Å². The number of nitrogens with one attached hydrogen (secondary N) is 1. The Morgan fingerprint density at radius 2 is 2.32 bits per heavy atom. The van der Waals surface area contributed by atoms with Crippen molar-refractivity contribution in [2.24, 2.45) is 0 Å². The van der Waals surface area contributed by atoms with E-state index in [2.05, 4.69) is 15.0 Å². The van der Waals surface area contributed by atoms with Crippen LogP contribution in [0.2, 0.25) is 0 Å². The first-order chi connectivity index (χ1) is 9.11. The summed E-state index contributed by atoms with van der Waals surface area (Å²) in [5, 5.41) is 2.81. The highest BCUT2D eigenvalue weighted by atomic mass is 16.5. The summed E-state index contributed by atoms with van der Waals surface area (Å²) in [7, 11) is 1.32. The molecular weight excluding hydrogens is 246 g/mol. The molecule has 0 bridgehead atoms. The number of rotatable bonds is 2. The molecule has 0 aliphatic carbocycles. The summed E-state index contributed by atoms with van der Waals surface area (Å²) < 4.78 is 4.68. The Balaban J connectivity index is 2.05. The molecular formula is C13H17N3O3. The molecule has 1 aromatic rings. The summed E-state index contributed by atoms with van der Waals surface area (Å²) in [6.45, 7) is 2.41. The first kappa shape index (κ1) is 13.3. The van der Waals surface area contributed by atoms with Crippen LogP contribution in [-0.4, -0.2) is 41.6 Å². The number of aromatic nitrogens is 1. The molecule has 1 fully saturated rings. The van der Waals surface area contributed by atoms with E-state index in [0.29, 0.717) is 18.7 Å². The molecule has 19 heavy (non-hydrogen) atoms. The lowest BCUT2D eigenvalue weighted by Crippen LogP contribution is -2.43. The van der Waals surface area contributed by atoms with Crippen LogP contribution in [0.5, 0.6) is 0 Å². The van der Waals surface area contributed by atoms with E-state index >= 15 is 0 Å². The van der Waals surface area contributed by atoms with Gasteiger partial charge in [-0.1, -0.05) is 0 Å². The topological polar surface area (TPSA) is 71.5 Å². The summed E-state index contributed by atoms with van der Waals surface area (Å²) in [5.41, 5.74) is 1.52. The number of ether oxygens (including phenoxy) is 1. The van der Waals surface area contributed by atoms with Gasteiger partial charge >= 0.3 is 6.09 Å². The smallest absolute Gasteiger partial charge is 0.410 e. The van der Waals surface area contributed by atoms with Gasteiger partial charge in [0.25, 0.3) is 0 Å². The van der Waals surface area contributed by atoms with Crippen LogP contribution < -0.4 is 5.32 Å². The number of amides is 2. The molecule has 1 unspecified atom stereocenters. The Morgan fingerprint density at radius 3 is 3.00 bits per heavy atom. The number of nitrogens with zero attached hydrogens (tertiary/aromatic N) is 2. The molecule has 0 radical (unpaired) electrons. The van der Waals surface area contributed by atoms with Gasteiger partial charge < -0.3 is 10.1 Å². The van der Waals surface area contributed by atoms with Crippen molar-refractivity contribution in [3.05, 3.63) is 24.0 Å². The minimum atomic E-state index is -0.457. The van der Waals surface area contributed by atoms with E-state index in [4.69, 9.17) is 0 Å². The monoisotopic (exact) mass is 263 g/mol. The zero-order valence-electron chi connectivity index (χ0n) is 11.0. The highest BCUT2D eigenvalue weighted by molar-refractivity contribution is 5.96. The van der Waals surface area contributed by atoms with Crippen molar-refractivity contribution in [1.29, 1.82) is 0 Å². The molecule has 0 saturated carbocycles. The van der Waals surface area contributed by atoms with Crippen LogP contribution in [-0.2, 0) is 9.53 Å². The summed E-state index contributed by atoms with van der Waals surface area (Å²) >= 11 is 0. The van der Waals surface area contributed by atoms with Crippen molar-refractivity contribution >= 4 is 17.7 Å². The lowest BCUT2D eigenvalue weighted by molar-refractivity contribution is -0.119. The van der Waals surface area contributed by atoms with Crippen LogP contribution in [0, 0.1) is 6.92 Å². The maximum Gasteiger partial charge on any atom is 0.410 e. The molecule has 2 heterocycles. The third-order valence-corrected chi connectivity index (χ3v) is 3.13. The number of carbonyl (C=O) groups excluding carboxylic acids is 2. The summed E-state index contributed by atoms with van der Waals surface area (Å²) in [5.74, 6) is -0.187. The quantitative estimate of drug-likeness (QED) is 0.879. The zero-order valence-corrected chi connectivity index (χ0v) is 11.0. The van der Waals surface area contributed by atoms with Crippen molar-refractivity contribution in [2.45, 2.75) is 25.8 Å². The van der Waals surface area contributed by atoms with Gasteiger partial charge in [-0.3, -0.25) is 14.7 Å². The second kappa shape index (κ2) is 5.69. The van der Waals surface area contributed by atoms with E-state index in [1.54, 1.807) is 18.3 Å². The number of hydrogen-bond donors (Lipinski definition) is 1. The van der Waals surface area contributed by atoms with Crippen LogP contribution in [0.4, 0.5) is 10.5 Å². The van der Waals surface area contributed by atoms with Crippen molar-refractivity contribution in [3.8, 4) is 0 Å². The molecule has 0 aromatic carbocycles. The van der Waals surface area contributed by atoms with Gasteiger partial charge in [0.05, 0.1) is 7.11 Å². The van der Waals surface area contributed by atoms with Crippen molar-refractivity contribution < 1.29 is 14.3 Å². The van der Waals surface area contributed by atoms with E-state index in [1.807, 2.05) is 6.92 Å². The third kappa shape index (κ3) is 3.01. The van der Waals surface area contributed by atoms with Crippen LogP contribution in [0.25, 0.3) is 0 Å². The standard InChI is InChI=1S/C13H17N3O3/c1-9-8-10(5-6-14-9)15-12(17)11-4-3-7-16(11)13(18)19-2/h5-6,8,11H,3-4,7H2,1-2H3,(H,14,15,17). The fourth-order valence-corrected chi connectivity index (χ4v) is 2.22. The zero-order chi connectivity index (χ0) is 13.8. The molecule has 1 aliphatic rings. The number of likely N-dealkylation sites (tertiary alicyclic amines) is 1. The van der Waals surface area contributed by atoms with Crippen LogP contribution in [0.15, 0.2) is 18.3 Å². The fourth-order valence-electron chi connectivity index (χ4n) is 2.22. The number of hydrogen-bond acceptors (Lipinski definition) is 4. The minimum absolute atomic E-state index is 0.187. The molecule has 102 valence electrons. The molecule has 1 saturated heterocycles. The molecule has 6 nitrogen and oxygen atoms in total. The van der Waals surface area contributed by atoms with E-state index in [0.717, 1.165) is 12.1 Å². The fraction of sp³-hybridized carbons (Fsp3) is 0.462. The van der Waals surface area contributed by atoms with Crippen molar-refractivity contribution in [3.63, 3.8) is 0 Å². The van der Waals surface area contributed by atoms with Crippen LogP contribution in [0.3, 0.4) is 0 Å². The Hall–Kier alpha value is -2.11. The van der Waals surface area contributed by atoms with Gasteiger partial charge in [-0.25, -0.2) is 4.79 Å². The number of aryl methyl sites for hydroxylation is 1. The molecule has 1 aromatic heterocycles. The predicted molar refractivity (Wildman–Crippen MR) is 69.7 cm³/mol. The van der Waals surface area contributed by atoms with Crippen LogP contribution >= 0.6 is 0 Å². The molecule has 2 amide bonds. The van der Waals surface area contributed by atoms with Gasteiger partial charge in [0.2, 0.25) is 5.91 Å². The van der Waals surface area contributed by atoms with E-state index in [1.165, 1.54) is 12.0 Å². The highest BCUT2D eigenvalue weighted by Gasteiger charge is 2.34. The molecule has 0 spiro atoms. The molecule has 6 heteroatoms. The summed E-state index contributed by atoms with van der Waals surface area (Å²) in [6.07, 6.45) is 2.65. The molecule has 1 aliphatic heterocycles. The average Bonchev–Trinajstić information content (AvgIpc) is 2.87. The SMILES string of the molecule is COC(=O)N1CCCC1C(=O)Nc1ccnc(C)c1. The Morgan fingerprint density at radius 1 is 1.53 bits per heavy atom. The largest absolute Gasteiger partial charge is 0.453 e. The summed E-state index contributed by atoms with van der Waals surface area (Å²) in [4.78, 5) is 29.3. The van der Waals surface area contributed by atoms with Gasteiger partial charge in [0, 0.05) is 24.1 Å². The van der Waals surface area contributed by atoms with E-state index in [9.17, 15) is 9.59 Å². The van der Waals surface area contributed by atoms with E-state index in [-0.39, 0.29) is 5.91 Å². The normalized spacial score (nSPS) is 18.2. The Kier molecular flexibility index (Phi) is 3.99. The molecule has 1 atom stereocenters. The summed E-state index contributed by atoms with van der Waals surface area (Å²) in [6, 6.07) is 3.05. The van der Waals surface area contributed by atoms with Gasteiger partial charge in [0.15, 0.2) is 0 Å². The molecule has 2 rings (SSSR count). The van der Waals surface area contributed by atoms with E-state index < -0.39 is 12.1 Å². The highest BCUT2D eigenvalue weighted by Crippen LogP contribution is 2.20. The van der Waals surface area contributed by atoms with Gasteiger partial charge in [-0.2, -0.15) is 0 Å². The van der Waals surface area contributed by atoms with Gasteiger partial charge in [-0.05, 0) is 31.9 Å². The number of carbonyl (C=O) groups is 2. The number of methoxy groups -OCH3 is 1. The number of pyridine rings is 1. The van der Waals surface area contributed by atoms with Gasteiger partial charge in [0.1, 0.15) is 6.04 Å². The second-order valence-corrected chi connectivity index (χ2v) is 4.50. The first-order valence-electron chi connectivity index (χ1n) is 6.20. The average molecular weight is 263 g/mol. The molecule has 1 N–H and O–H groups in total. The van der Waals surface area contributed by atoms with Crippen molar-refractivity contribution in [2.75, 3.05) is 19.0 Å². The maximum absolute atomic E-state index is 12.2. The minimum Gasteiger partial charge on any atom is -0.453 e. The lowest BCUT2D eigenvalue weighted by Gasteiger charge is -2.22.